The Morgan fingerprint density at radius 1 is 0.909 bits per heavy atom. The molecule has 4 rings (SSSR count). The second kappa shape index (κ2) is 9.60. The summed E-state index contributed by atoms with van der Waals surface area (Å²) in [7, 11) is 0. The van der Waals surface area contributed by atoms with Crippen molar-refractivity contribution in [1.82, 2.24) is 15.0 Å². The van der Waals surface area contributed by atoms with Crippen molar-refractivity contribution in [3.8, 4) is 0 Å². The number of nitrogen functional groups attached to an aromatic ring is 2. The largest absolute Gasteiger partial charge is 0.382 e. The molecule has 0 aliphatic carbocycles. The molecule has 2 aromatic heterocycles. The Morgan fingerprint density at radius 2 is 1.61 bits per heavy atom. The van der Waals surface area contributed by atoms with Gasteiger partial charge in [0.1, 0.15) is 17.3 Å². The molecule has 0 saturated heterocycles. The van der Waals surface area contributed by atoms with Crippen LogP contribution in [0.1, 0.15) is 17.0 Å². The molecule has 164 valence electrons. The summed E-state index contributed by atoms with van der Waals surface area (Å²) in [5.41, 5.74) is 13.6. The number of hydrogen-bond acceptors (Lipinski definition) is 9. The third-order valence-corrected chi connectivity index (χ3v) is 4.66. The molecule has 2 aromatic carbocycles. The van der Waals surface area contributed by atoms with E-state index in [1.165, 1.54) is 6.07 Å². The highest BCUT2D eigenvalue weighted by molar-refractivity contribution is 6.11. The van der Waals surface area contributed by atoms with E-state index in [1.54, 1.807) is 48.7 Å². The van der Waals surface area contributed by atoms with Gasteiger partial charge in [0.25, 0.3) is 0 Å². The normalized spacial score (nSPS) is 10.9. The van der Waals surface area contributed by atoms with Crippen molar-refractivity contribution >= 4 is 34.5 Å². The summed E-state index contributed by atoms with van der Waals surface area (Å²) in [5, 5.41) is 19.8. The summed E-state index contributed by atoms with van der Waals surface area (Å²) in [6.45, 7) is 0.188. The average Bonchev–Trinajstić information content (AvgIpc) is 2.83. The van der Waals surface area contributed by atoms with Gasteiger partial charge in [-0.2, -0.15) is 5.11 Å². The Labute approximate surface area is 189 Å². The van der Waals surface area contributed by atoms with Crippen LogP contribution in [0.3, 0.4) is 0 Å². The number of nitrogens with one attached hydrogen (secondary N) is 2. The molecule has 2 heterocycles. The Balaban J connectivity index is 1.58. The Bertz CT molecular complexity index is 1300. The molecule has 0 fully saturated rings. The zero-order valence-electron chi connectivity index (χ0n) is 17.4. The van der Waals surface area contributed by atoms with Crippen LogP contribution in [0, 0.1) is 11.2 Å². The zero-order chi connectivity index (χ0) is 23.2. The first-order chi connectivity index (χ1) is 16.0. The number of pyridine rings is 1. The molecule has 0 spiro atoms. The number of nitrogens with zero attached hydrogens (tertiary/aromatic N) is 5. The number of aromatic nitrogens is 3. The van der Waals surface area contributed by atoms with E-state index in [1.807, 2.05) is 18.2 Å². The predicted molar refractivity (Wildman–Crippen MR) is 125 cm³/mol. The van der Waals surface area contributed by atoms with Crippen molar-refractivity contribution in [2.45, 2.75) is 6.54 Å². The van der Waals surface area contributed by atoms with Crippen LogP contribution in [0.25, 0.3) is 0 Å². The van der Waals surface area contributed by atoms with Crippen molar-refractivity contribution in [1.29, 1.82) is 5.41 Å². The number of nitrogens with two attached hydrogens (primary N) is 2. The SMILES string of the molecule is N=C(c1nc(N)c(N=Nc2ccccc2)c(N)n1)c1cccnc1NCc1ccccc1F. The maximum atomic E-state index is 13.9. The number of rotatable bonds is 7. The molecule has 0 unspecified atom stereocenters. The fourth-order valence-electron chi connectivity index (χ4n) is 3.00. The fourth-order valence-corrected chi connectivity index (χ4v) is 3.00. The minimum Gasteiger partial charge on any atom is -0.382 e. The summed E-state index contributed by atoms with van der Waals surface area (Å²) in [5.74, 6) is 0.0324. The van der Waals surface area contributed by atoms with Gasteiger partial charge in [-0.25, -0.2) is 19.3 Å². The summed E-state index contributed by atoms with van der Waals surface area (Å²) < 4.78 is 13.9. The van der Waals surface area contributed by atoms with Crippen molar-refractivity contribution < 1.29 is 4.39 Å². The van der Waals surface area contributed by atoms with Crippen LogP contribution in [0.4, 0.5) is 33.2 Å². The number of hydrogen-bond donors (Lipinski definition) is 4. The molecule has 0 bridgehead atoms. The number of halogens is 1. The third kappa shape index (κ3) is 4.96. The van der Waals surface area contributed by atoms with Crippen LogP contribution in [0.15, 0.2) is 83.2 Å². The van der Waals surface area contributed by atoms with Gasteiger partial charge in [0.05, 0.1) is 5.69 Å². The first kappa shape index (κ1) is 21.5. The maximum absolute atomic E-state index is 13.9. The number of anilines is 3. The number of azo groups is 1. The van der Waals surface area contributed by atoms with E-state index in [-0.39, 0.29) is 41.2 Å². The lowest BCUT2D eigenvalue weighted by atomic mass is 10.1. The van der Waals surface area contributed by atoms with Gasteiger partial charge in [-0.05, 0) is 30.3 Å². The molecule has 0 amide bonds. The molecule has 0 aliphatic heterocycles. The van der Waals surface area contributed by atoms with Gasteiger partial charge in [0, 0.05) is 23.9 Å². The predicted octanol–water partition coefficient (Wildman–Crippen LogP) is 4.62. The van der Waals surface area contributed by atoms with E-state index >= 15 is 0 Å². The Morgan fingerprint density at radius 3 is 2.33 bits per heavy atom. The molecule has 0 radical (unpaired) electrons. The molecule has 0 aliphatic rings. The minimum absolute atomic E-state index is 0.00519. The van der Waals surface area contributed by atoms with Crippen molar-refractivity contribution in [3.63, 3.8) is 0 Å². The molecule has 0 saturated carbocycles. The fraction of sp³-hybridized carbons (Fsp3) is 0.0435. The average molecular weight is 441 g/mol. The van der Waals surface area contributed by atoms with Gasteiger partial charge < -0.3 is 16.8 Å². The highest BCUT2D eigenvalue weighted by atomic mass is 19.1. The highest BCUT2D eigenvalue weighted by Gasteiger charge is 2.18. The quantitative estimate of drug-likeness (QED) is 0.243. The zero-order valence-corrected chi connectivity index (χ0v) is 17.4. The van der Waals surface area contributed by atoms with E-state index in [0.717, 1.165) is 0 Å². The van der Waals surface area contributed by atoms with Gasteiger partial charge in [-0.3, -0.25) is 5.41 Å². The van der Waals surface area contributed by atoms with Crippen LogP contribution >= 0.6 is 0 Å². The lowest BCUT2D eigenvalue weighted by Crippen LogP contribution is -2.14. The van der Waals surface area contributed by atoms with Crippen LogP contribution in [-0.4, -0.2) is 20.7 Å². The van der Waals surface area contributed by atoms with Crippen molar-refractivity contribution in [2.24, 2.45) is 10.2 Å². The summed E-state index contributed by atoms with van der Waals surface area (Å²) in [6, 6.07) is 18.8. The minimum atomic E-state index is -0.332. The van der Waals surface area contributed by atoms with Crippen molar-refractivity contribution in [3.05, 3.63) is 95.7 Å². The van der Waals surface area contributed by atoms with Crippen LogP contribution in [-0.2, 0) is 6.54 Å². The van der Waals surface area contributed by atoms with Crippen molar-refractivity contribution in [2.75, 3.05) is 16.8 Å². The van der Waals surface area contributed by atoms with Gasteiger partial charge in [-0.15, -0.1) is 5.11 Å². The topological polar surface area (TPSA) is 151 Å². The highest BCUT2D eigenvalue weighted by Crippen LogP contribution is 2.29. The first-order valence-electron chi connectivity index (χ1n) is 9.94. The Hall–Kier alpha value is -4.73. The first-order valence-corrected chi connectivity index (χ1v) is 9.94. The van der Waals surface area contributed by atoms with Gasteiger partial charge in [-0.1, -0.05) is 36.4 Å². The summed E-state index contributed by atoms with van der Waals surface area (Å²) >= 11 is 0. The van der Waals surface area contributed by atoms with Crippen LogP contribution in [0.5, 0.6) is 0 Å². The molecular formula is C23H20FN9. The molecule has 33 heavy (non-hydrogen) atoms. The van der Waals surface area contributed by atoms with E-state index in [2.05, 4.69) is 30.5 Å². The van der Waals surface area contributed by atoms with E-state index in [0.29, 0.717) is 22.6 Å². The van der Waals surface area contributed by atoms with E-state index in [4.69, 9.17) is 16.9 Å². The number of benzene rings is 2. The Kier molecular flexibility index (Phi) is 6.26. The second-order valence-electron chi connectivity index (χ2n) is 6.92. The lowest BCUT2D eigenvalue weighted by Gasteiger charge is -2.12. The van der Waals surface area contributed by atoms with E-state index < -0.39 is 0 Å². The molecule has 6 N–H and O–H groups in total. The molecule has 4 aromatic rings. The molecule has 10 heteroatoms. The second-order valence-corrected chi connectivity index (χ2v) is 6.92. The summed E-state index contributed by atoms with van der Waals surface area (Å²) in [6.07, 6.45) is 1.57. The maximum Gasteiger partial charge on any atom is 0.182 e. The monoisotopic (exact) mass is 441 g/mol. The molecule has 9 nitrogen and oxygen atoms in total. The van der Waals surface area contributed by atoms with Crippen LogP contribution < -0.4 is 16.8 Å². The smallest absolute Gasteiger partial charge is 0.182 e. The molecular weight excluding hydrogens is 421 g/mol. The van der Waals surface area contributed by atoms with Gasteiger partial charge in [0.2, 0.25) is 0 Å². The lowest BCUT2D eigenvalue weighted by molar-refractivity contribution is 0.613. The third-order valence-electron chi connectivity index (χ3n) is 4.66. The van der Waals surface area contributed by atoms with Gasteiger partial charge >= 0.3 is 0 Å². The molecule has 0 atom stereocenters. The van der Waals surface area contributed by atoms with Gasteiger partial charge in [0.15, 0.2) is 23.1 Å². The van der Waals surface area contributed by atoms with E-state index in [9.17, 15) is 4.39 Å². The standard InChI is InChI=1S/C23H20FN9/c24-17-11-5-4-7-14(17)13-29-22-16(10-6-12-28-22)18(25)23-30-20(26)19(21(27)31-23)33-32-15-8-2-1-3-9-15/h1-12,25H,13H2,(H,28,29)(H4,26,27,30,31). The summed E-state index contributed by atoms with van der Waals surface area (Å²) in [4.78, 5) is 12.6. The van der Waals surface area contributed by atoms with Crippen LogP contribution in [0.2, 0.25) is 0 Å².